The van der Waals surface area contributed by atoms with E-state index in [1.807, 2.05) is 29.2 Å². The van der Waals surface area contributed by atoms with Crippen molar-refractivity contribution >= 4 is 5.91 Å². The lowest BCUT2D eigenvalue weighted by Gasteiger charge is -2.24. The molecule has 2 rings (SSSR count). The fraction of sp³-hybridized carbons (Fsp3) is 0.533. The Balaban J connectivity index is 2.04. The Morgan fingerprint density at radius 2 is 2.16 bits per heavy atom. The number of amides is 1. The highest BCUT2D eigenvalue weighted by atomic mass is 16.5. The van der Waals surface area contributed by atoms with Crippen LogP contribution in [0, 0.1) is 0 Å². The topological polar surface area (TPSA) is 55.6 Å². The second-order valence-electron chi connectivity index (χ2n) is 4.95. The predicted octanol–water partition coefficient (Wildman–Crippen LogP) is 2.04. The second kappa shape index (κ2) is 6.57. The fourth-order valence-electron chi connectivity index (χ4n) is 2.66. The average molecular weight is 262 g/mol. The number of ether oxygens (including phenoxy) is 1. The first-order valence-electron chi connectivity index (χ1n) is 6.91. The molecule has 1 aliphatic rings. The Bertz CT molecular complexity index is 417. The molecule has 1 unspecified atom stereocenters. The van der Waals surface area contributed by atoms with Gasteiger partial charge in [0.05, 0.1) is 7.11 Å². The van der Waals surface area contributed by atoms with Crippen LogP contribution < -0.4 is 10.5 Å². The van der Waals surface area contributed by atoms with Gasteiger partial charge in [0.25, 0.3) is 5.91 Å². The van der Waals surface area contributed by atoms with E-state index in [0.717, 1.165) is 43.5 Å². The number of nitrogens with two attached hydrogens (primary N) is 1. The first-order chi connectivity index (χ1) is 9.26. The van der Waals surface area contributed by atoms with Crippen LogP contribution in [0.15, 0.2) is 24.3 Å². The Morgan fingerprint density at radius 3 is 2.79 bits per heavy atom. The van der Waals surface area contributed by atoms with Gasteiger partial charge in [-0.25, -0.2) is 0 Å². The number of methoxy groups -OCH3 is 1. The predicted molar refractivity (Wildman–Crippen MR) is 75.3 cm³/mol. The maximum atomic E-state index is 12.5. The molecule has 4 heteroatoms. The highest BCUT2D eigenvalue weighted by Crippen LogP contribution is 2.24. The van der Waals surface area contributed by atoms with E-state index in [1.54, 1.807) is 7.11 Å². The van der Waals surface area contributed by atoms with Crippen LogP contribution >= 0.6 is 0 Å². The van der Waals surface area contributed by atoms with Gasteiger partial charge in [0.15, 0.2) is 0 Å². The molecular formula is C15H22N2O2. The van der Waals surface area contributed by atoms with E-state index in [1.165, 1.54) is 0 Å². The summed E-state index contributed by atoms with van der Waals surface area (Å²) in [5.74, 6) is 0.903. The molecule has 1 heterocycles. The number of carbonyl (C=O) groups excluding carboxylic acids is 1. The van der Waals surface area contributed by atoms with Crippen LogP contribution in [0.5, 0.6) is 5.75 Å². The van der Waals surface area contributed by atoms with Crippen molar-refractivity contribution in [3.63, 3.8) is 0 Å². The van der Waals surface area contributed by atoms with Crippen LogP contribution in [-0.2, 0) is 0 Å². The van der Waals surface area contributed by atoms with E-state index in [4.69, 9.17) is 10.5 Å². The molecule has 1 aromatic carbocycles. The number of carbonyl (C=O) groups is 1. The van der Waals surface area contributed by atoms with Gasteiger partial charge in [0.2, 0.25) is 0 Å². The van der Waals surface area contributed by atoms with Crippen LogP contribution in [0.3, 0.4) is 0 Å². The van der Waals surface area contributed by atoms with Gasteiger partial charge in [0, 0.05) is 18.2 Å². The molecule has 0 bridgehead atoms. The molecule has 0 aliphatic carbocycles. The molecule has 1 fully saturated rings. The number of hydrogen-bond acceptors (Lipinski definition) is 3. The summed E-state index contributed by atoms with van der Waals surface area (Å²) < 4.78 is 5.11. The molecule has 0 spiro atoms. The van der Waals surface area contributed by atoms with Gasteiger partial charge >= 0.3 is 0 Å². The van der Waals surface area contributed by atoms with E-state index in [2.05, 4.69) is 0 Å². The van der Waals surface area contributed by atoms with Gasteiger partial charge in [-0.05, 0) is 56.5 Å². The van der Waals surface area contributed by atoms with Crippen molar-refractivity contribution in [2.45, 2.75) is 31.7 Å². The van der Waals surface area contributed by atoms with Crippen LogP contribution in [0.4, 0.5) is 0 Å². The normalized spacial score (nSPS) is 18.6. The van der Waals surface area contributed by atoms with Gasteiger partial charge in [-0.15, -0.1) is 0 Å². The first kappa shape index (κ1) is 13.9. The highest BCUT2D eigenvalue weighted by molar-refractivity contribution is 5.94. The Hall–Kier alpha value is -1.55. The minimum absolute atomic E-state index is 0.127. The maximum absolute atomic E-state index is 12.5. The molecule has 104 valence electrons. The maximum Gasteiger partial charge on any atom is 0.254 e. The molecule has 1 aliphatic heterocycles. The second-order valence-corrected chi connectivity index (χ2v) is 4.95. The third kappa shape index (κ3) is 3.26. The van der Waals surface area contributed by atoms with Gasteiger partial charge in [-0.1, -0.05) is 0 Å². The number of nitrogens with zero attached hydrogens (tertiary/aromatic N) is 1. The lowest BCUT2D eigenvalue weighted by atomic mass is 10.1. The quantitative estimate of drug-likeness (QED) is 0.883. The molecule has 1 amide bonds. The molecule has 0 radical (unpaired) electrons. The van der Waals surface area contributed by atoms with E-state index in [9.17, 15) is 4.79 Å². The summed E-state index contributed by atoms with van der Waals surface area (Å²) in [6.07, 6.45) is 4.19. The van der Waals surface area contributed by atoms with Crippen molar-refractivity contribution < 1.29 is 9.53 Å². The average Bonchev–Trinajstić information content (AvgIpc) is 2.92. The zero-order chi connectivity index (χ0) is 13.7. The molecule has 1 aromatic rings. The molecule has 0 saturated carbocycles. The van der Waals surface area contributed by atoms with E-state index in [0.29, 0.717) is 12.6 Å². The van der Waals surface area contributed by atoms with Gasteiger partial charge in [-0.2, -0.15) is 0 Å². The lowest BCUT2D eigenvalue weighted by Crippen LogP contribution is -2.35. The number of benzene rings is 1. The largest absolute Gasteiger partial charge is 0.497 e. The third-order valence-electron chi connectivity index (χ3n) is 3.72. The summed E-state index contributed by atoms with van der Waals surface area (Å²) in [4.78, 5) is 14.5. The summed E-state index contributed by atoms with van der Waals surface area (Å²) in [6, 6.07) is 7.69. The highest BCUT2D eigenvalue weighted by Gasteiger charge is 2.28. The first-order valence-corrected chi connectivity index (χ1v) is 6.91. The number of likely N-dealkylation sites (tertiary alicyclic amines) is 1. The number of rotatable bonds is 5. The Labute approximate surface area is 114 Å². The van der Waals surface area contributed by atoms with E-state index < -0.39 is 0 Å². The summed E-state index contributed by atoms with van der Waals surface area (Å²) >= 11 is 0. The molecule has 1 atom stereocenters. The standard InChI is InChI=1S/C15H22N2O2/c1-19-14-8-6-12(7-9-14)15(18)17-11-3-5-13(17)4-2-10-16/h6-9,13H,2-5,10-11,16H2,1H3. The van der Waals surface area contributed by atoms with Crippen molar-refractivity contribution in [2.75, 3.05) is 20.2 Å². The van der Waals surface area contributed by atoms with Crippen LogP contribution in [0.1, 0.15) is 36.0 Å². The Kier molecular flexibility index (Phi) is 4.80. The molecular weight excluding hydrogens is 240 g/mol. The summed E-state index contributed by atoms with van der Waals surface area (Å²) in [7, 11) is 1.63. The summed E-state index contributed by atoms with van der Waals surface area (Å²) in [5, 5.41) is 0. The van der Waals surface area contributed by atoms with Gasteiger partial charge in [0.1, 0.15) is 5.75 Å². The zero-order valence-corrected chi connectivity index (χ0v) is 11.5. The molecule has 4 nitrogen and oxygen atoms in total. The summed E-state index contributed by atoms with van der Waals surface area (Å²) in [5.41, 5.74) is 6.29. The van der Waals surface area contributed by atoms with E-state index in [-0.39, 0.29) is 5.91 Å². The Morgan fingerprint density at radius 1 is 1.42 bits per heavy atom. The minimum Gasteiger partial charge on any atom is -0.497 e. The van der Waals surface area contributed by atoms with Crippen molar-refractivity contribution in [3.8, 4) is 5.75 Å². The molecule has 1 saturated heterocycles. The third-order valence-corrected chi connectivity index (χ3v) is 3.72. The molecule has 0 aromatic heterocycles. The monoisotopic (exact) mass is 262 g/mol. The van der Waals surface area contributed by atoms with Crippen molar-refractivity contribution in [2.24, 2.45) is 5.73 Å². The minimum atomic E-state index is 0.127. The van der Waals surface area contributed by atoms with Gasteiger partial charge in [-0.3, -0.25) is 4.79 Å². The SMILES string of the molecule is COc1ccc(C(=O)N2CCCC2CCCN)cc1. The van der Waals surface area contributed by atoms with Crippen LogP contribution in [0.25, 0.3) is 0 Å². The van der Waals surface area contributed by atoms with E-state index >= 15 is 0 Å². The molecule has 19 heavy (non-hydrogen) atoms. The van der Waals surface area contributed by atoms with Gasteiger partial charge < -0.3 is 15.4 Å². The fourth-order valence-corrected chi connectivity index (χ4v) is 2.66. The van der Waals surface area contributed by atoms with Crippen molar-refractivity contribution in [3.05, 3.63) is 29.8 Å². The van der Waals surface area contributed by atoms with Crippen molar-refractivity contribution in [1.29, 1.82) is 0 Å². The lowest BCUT2D eigenvalue weighted by molar-refractivity contribution is 0.0729. The smallest absolute Gasteiger partial charge is 0.254 e. The van der Waals surface area contributed by atoms with Crippen LogP contribution in [0.2, 0.25) is 0 Å². The number of hydrogen-bond donors (Lipinski definition) is 1. The molecule has 2 N–H and O–H groups in total. The van der Waals surface area contributed by atoms with Crippen molar-refractivity contribution in [1.82, 2.24) is 4.90 Å². The summed E-state index contributed by atoms with van der Waals surface area (Å²) in [6.45, 7) is 1.56. The zero-order valence-electron chi connectivity index (χ0n) is 11.5. The van der Waals surface area contributed by atoms with Crippen LogP contribution in [-0.4, -0.2) is 37.0 Å².